The number of quaternary nitrogens is 1. The highest BCUT2D eigenvalue weighted by atomic mass is 35.5. The minimum atomic E-state index is 0. The summed E-state index contributed by atoms with van der Waals surface area (Å²) in [4.78, 5) is 4.06. The SMILES string of the molecule is CN1CC[NH+](Cc2ccccc2)C1.[Cl-]. The molecule has 2 rings (SSSR count). The fourth-order valence-electron chi connectivity index (χ4n) is 1.92. The molecule has 1 heterocycles. The lowest BCUT2D eigenvalue weighted by atomic mass is 10.2. The second-order valence-electron chi connectivity index (χ2n) is 3.90. The Morgan fingerprint density at radius 3 is 2.57 bits per heavy atom. The Labute approximate surface area is 91.9 Å². The summed E-state index contributed by atoms with van der Waals surface area (Å²) in [5, 5.41) is 0. The molecule has 1 aromatic carbocycles. The van der Waals surface area contributed by atoms with Crippen LogP contribution < -0.4 is 17.3 Å². The highest BCUT2D eigenvalue weighted by Crippen LogP contribution is 1.96. The van der Waals surface area contributed by atoms with Gasteiger partial charge in [0.25, 0.3) is 0 Å². The van der Waals surface area contributed by atoms with Gasteiger partial charge in [-0.15, -0.1) is 0 Å². The van der Waals surface area contributed by atoms with Gasteiger partial charge >= 0.3 is 0 Å². The molecule has 78 valence electrons. The molecule has 3 heteroatoms. The van der Waals surface area contributed by atoms with Crippen molar-refractivity contribution in [2.75, 3.05) is 26.8 Å². The van der Waals surface area contributed by atoms with Gasteiger partial charge in [0.2, 0.25) is 0 Å². The molecule has 0 bridgehead atoms. The lowest BCUT2D eigenvalue weighted by molar-refractivity contribution is -0.905. The molecule has 1 unspecified atom stereocenters. The molecule has 0 amide bonds. The van der Waals surface area contributed by atoms with Crippen LogP contribution in [0, 0.1) is 0 Å². The van der Waals surface area contributed by atoms with Crippen molar-refractivity contribution in [1.29, 1.82) is 0 Å². The second kappa shape index (κ2) is 5.35. The van der Waals surface area contributed by atoms with Crippen LogP contribution in [0.3, 0.4) is 0 Å². The maximum atomic E-state index is 2.39. The van der Waals surface area contributed by atoms with Gasteiger partial charge in [-0.3, -0.25) is 4.90 Å². The first-order chi connectivity index (χ1) is 6.34. The van der Waals surface area contributed by atoms with Crippen molar-refractivity contribution in [3.8, 4) is 0 Å². The van der Waals surface area contributed by atoms with Gasteiger partial charge in [-0.05, 0) is 7.05 Å². The zero-order valence-electron chi connectivity index (χ0n) is 8.54. The Kier molecular flexibility index (Phi) is 4.39. The van der Waals surface area contributed by atoms with Crippen molar-refractivity contribution in [1.82, 2.24) is 4.90 Å². The molecule has 0 aliphatic carbocycles. The van der Waals surface area contributed by atoms with E-state index in [4.69, 9.17) is 0 Å². The number of likely N-dealkylation sites (N-methyl/N-ethyl adjacent to an activating group) is 1. The Hall–Kier alpha value is -0.570. The minimum Gasteiger partial charge on any atom is -1.00 e. The van der Waals surface area contributed by atoms with Crippen LogP contribution in [0.25, 0.3) is 0 Å². The van der Waals surface area contributed by atoms with E-state index < -0.39 is 0 Å². The quantitative estimate of drug-likeness (QED) is 0.549. The van der Waals surface area contributed by atoms with Gasteiger partial charge in [-0.25, -0.2) is 0 Å². The fourth-order valence-corrected chi connectivity index (χ4v) is 1.92. The van der Waals surface area contributed by atoms with E-state index in [2.05, 4.69) is 42.3 Å². The van der Waals surface area contributed by atoms with Gasteiger partial charge in [-0.2, -0.15) is 0 Å². The van der Waals surface area contributed by atoms with Crippen molar-refractivity contribution in [2.24, 2.45) is 0 Å². The van der Waals surface area contributed by atoms with E-state index in [0.29, 0.717) is 0 Å². The number of hydrogen-bond acceptors (Lipinski definition) is 1. The molecule has 0 saturated carbocycles. The van der Waals surface area contributed by atoms with Crippen LogP contribution in [0.2, 0.25) is 0 Å². The smallest absolute Gasteiger partial charge is 0.133 e. The van der Waals surface area contributed by atoms with E-state index in [-0.39, 0.29) is 12.4 Å². The fraction of sp³-hybridized carbons (Fsp3) is 0.455. The zero-order chi connectivity index (χ0) is 9.10. The van der Waals surface area contributed by atoms with Crippen LogP contribution in [0.5, 0.6) is 0 Å². The number of halogens is 1. The molecule has 14 heavy (non-hydrogen) atoms. The maximum absolute atomic E-state index is 2.39. The van der Waals surface area contributed by atoms with E-state index in [1.165, 1.54) is 31.9 Å². The molecule has 1 N–H and O–H groups in total. The lowest BCUT2D eigenvalue weighted by Crippen LogP contribution is -3.09. The summed E-state index contributed by atoms with van der Waals surface area (Å²) in [6.45, 7) is 4.88. The Morgan fingerprint density at radius 2 is 2.00 bits per heavy atom. The normalized spacial score (nSPS) is 21.9. The van der Waals surface area contributed by atoms with E-state index in [9.17, 15) is 0 Å². The van der Waals surface area contributed by atoms with E-state index in [0.717, 1.165) is 0 Å². The Balaban J connectivity index is 0.000000980. The van der Waals surface area contributed by atoms with Gasteiger partial charge in [0.15, 0.2) is 0 Å². The molecule has 1 saturated heterocycles. The summed E-state index contributed by atoms with van der Waals surface area (Å²) >= 11 is 0. The van der Waals surface area contributed by atoms with Crippen molar-refractivity contribution in [3.05, 3.63) is 35.9 Å². The maximum Gasteiger partial charge on any atom is 0.133 e. The third-order valence-electron chi connectivity index (χ3n) is 2.64. The number of benzene rings is 1. The van der Waals surface area contributed by atoms with Gasteiger partial charge in [0, 0.05) is 5.56 Å². The number of nitrogens with zero attached hydrogens (tertiary/aromatic N) is 1. The molecule has 1 atom stereocenters. The highest BCUT2D eigenvalue weighted by molar-refractivity contribution is 5.13. The van der Waals surface area contributed by atoms with Crippen molar-refractivity contribution in [3.63, 3.8) is 0 Å². The summed E-state index contributed by atoms with van der Waals surface area (Å²) in [5.74, 6) is 0. The number of nitrogens with one attached hydrogen (secondary N) is 1. The first-order valence-corrected chi connectivity index (χ1v) is 4.90. The van der Waals surface area contributed by atoms with E-state index >= 15 is 0 Å². The molecule has 1 aliphatic rings. The third kappa shape index (κ3) is 2.98. The minimum absolute atomic E-state index is 0. The molecule has 2 nitrogen and oxygen atoms in total. The van der Waals surface area contributed by atoms with Crippen LogP contribution in [0.15, 0.2) is 30.3 Å². The zero-order valence-corrected chi connectivity index (χ0v) is 9.30. The third-order valence-corrected chi connectivity index (χ3v) is 2.64. The summed E-state index contributed by atoms with van der Waals surface area (Å²) in [6, 6.07) is 10.7. The average Bonchev–Trinajstić information content (AvgIpc) is 2.53. The van der Waals surface area contributed by atoms with Gasteiger partial charge in [-0.1, -0.05) is 30.3 Å². The molecule has 0 radical (unpaired) electrons. The van der Waals surface area contributed by atoms with Crippen LogP contribution >= 0.6 is 0 Å². The topological polar surface area (TPSA) is 7.68 Å². The first kappa shape index (κ1) is 11.5. The van der Waals surface area contributed by atoms with Crippen molar-refractivity contribution < 1.29 is 17.3 Å². The summed E-state index contributed by atoms with van der Waals surface area (Å²) in [6.07, 6.45) is 0. The summed E-state index contributed by atoms with van der Waals surface area (Å²) in [7, 11) is 2.19. The molecule has 1 aromatic rings. The standard InChI is InChI=1S/C11H16N2.ClH/c1-12-7-8-13(10-12)9-11-5-3-2-4-6-11;/h2-6H,7-10H2,1H3;1H. The number of hydrogen-bond donors (Lipinski definition) is 1. The predicted octanol–water partition coefficient (Wildman–Crippen LogP) is -3.02. The summed E-state index contributed by atoms with van der Waals surface area (Å²) in [5.41, 5.74) is 1.45. The second-order valence-corrected chi connectivity index (χ2v) is 3.90. The summed E-state index contributed by atoms with van der Waals surface area (Å²) < 4.78 is 0. The molecule has 0 aromatic heterocycles. The molecular weight excluding hydrogens is 196 g/mol. The van der Waals surface area contributed by atoms with E-state index in [1.54, 1.807) is 4.90 Å². The predicted molar refractivity (Wildman–Crippen MR) is 53.5 cm³/mol. The average molecular weight is 213 g/mol. The highest BCUT2D eigenvalue weighted by Gasteiger charge is 2.19. The molecule has 0 spiro atoms. The van der Waals surface area contributed by atoms with Crippen LogP contribution in [0.4, 0.5) is 0 Å². The number of rotatable bonds is 2. The Morgan fingerprint density at radius 1 is 1.29 bits per heavy atom. The largest absolute Gasteiger partial charge is 1.00 e. The van der Waals surface area contributed by atoms with Crippen molar-refractivity contribution in [2.45, 2.75) is 6.54 Å². The molecule has 1 aliphatic heterocycles. The first-order valence-electron chi connectivity index (χ1n) is 4.90. The van der Waals surface area contributed by atoms with Crippen LogP contribution in [-0.4, -0.2) is 31.7 Å². The Bertz CT molecular complexity index is 263. The van der Waals surface area contributed by atoms with E-state index in [1.807, 2.05) is 0 Å². The monoisotopic (exact) mass is 212 g/mol. The van der Waals surface area contributed by atoms with Gasteiger partial charge < -0.3 is 17.3 Å². The van der Waals surface area contributed by atoms with Gasteiger partial charge in [0.05, 0.1) is 13.1 Å². The van der Waals surface area contributed by atoms with Gasteiger partial charge in [0.1, 0.15) is 13.2 Å². The molecular formula is C11H17ClN2. The van der Waals surface area contributed by atoms with Crippen LogP contribution in [-0.2, 0) is 6.54 Å². The van der Waals surface area contributed by atoms with Crippen molar-refractivity contribution >= 4 is 0 Å². The van der Waals surface area contributed by atoms with Crippen LogP contribution in [0.1, 0.15) is 5.56 Å². The lowest BCUT2D eigenvalue weighted by Gasteiger charge is -2.12. The molecule has 1 fully saturated rings.